The summed E-state index contributed by atoms with van der Waals surface area (Å²) < 4.78 is 9.81. The molecule has 2 aromatic heterocycles. The van der Waals surface area contributed by atoms with E-state index in [-0.39, 0.29) is 0 Å². The fraction of sp³-hybridized carbons (Fsp3) is 0.478. The second kappa shape index (κ2) is 6.96. The third kappa shape index (κ3) is 2.80. The summed E-state index contributed by atoms with van der Waals surface area (Å²) in [6.45, 7) is 6.82. The molecule has 7 heteroatoms. The van der Waals surface area contributed by atoms with Gasteiger partial charge in [0.2, 0.25) is 0 Å². The van der Waals surface area contributed by atoms with Crippen molar-refractivity contribution in [3.8, 4) is 11.1 Å². The Bertz CT molecular complexity index is 1090. The van der Waals surface area contributed by atoms with Gasteiger partial charge in [0.15, 0.2) is 5.82 Å². The Labute approximate surface area is 176 Å². The van der Waals surface area contributed by atoms with E-state index in [1.54, 1.807) is 0 Å². The van der Waals surface area contributed by atoms with E-state index in [0.717, 1.165) is 57.1 Å². The zero-order chi connectivity index (χ0) is 20.2. The number of anilines is 2. The van der Waals surface area contributed by atoms with Crippen LogP contribution in [0.4, 0.5) is 11.5 Å². The highest BCUT2D eigenvalue weighted by Crippen LogP contribution is 2.44. The van der Waals surface area contributed by atoms with Gasteiger partial charge in [-0.2, -0.15) is 10.2 Å². The molecule has 5 heterocycles. The second-order valence-electron chi connectivity index (χ2n) is 8.83. The average molecular weight is 405 g/mol. The second-order valence-corrected chi connectivity index (χ2v) is 8.83. The molecular weight excluding hydrogens is 376 g/mol. The van der Waals surface area contributed by atoms with Gasteiger partial charge in [-0.3, -0.25) is 9.36 Å². The van der Waals surface area contributed by atoms with E-state index < -0.39 is 0 Å². The van der Waals surface area contributed by atoms with Crippen LogP contribution >= 0.6 is 0 Å². The number of aromatic nitrogens is 4. The summed E-state index contributed by atoms with van der Waals surface area (Å²) in [7, 11) is 1.96. The first kappa shape index (κ1) is 18.2. The number of aryl methyl sites for hydroxylation is 1. The normalized spacial score (nSPS) is 23.1. The fourth-order valence-corrected chi connectivity index (χ4v) is 5.21. The molecule has 6 rings (SSSR count). The molecule has 1 fully saturated rings. The molecule has 0 radical (unpaired) electrons. The molecule has 156 valence electrons. The van der Waals surface area contributed by atoms with Crippen molar-refractivity contribution in [2.45, 2.75) is 38.3 Å². The Kier molecular flexibility index (Phi) is 4.21. The molecule has 1 saturated heterocycles. The number of hydrogen-bond donors (Lipinski definition) is 1. The molecular formula is C23H28N6O. The highest BCUT2D eigenvalue weighted by atomic mass is 16.5. The van der Waals surface area contributed by atoms with Crippen LogP contribution < -0.4 is 10.2 Å². The summed E-state index contributed by atoms with van der Waals surface area (Å²) >= 11 is 0. The fourth-order valence-electron chi connectivity index (χ4n) is 5.21. The lowest BCUT2D eigenvalue weighted by Crippen LogP contribution is -2.27. The quantitative estimate of drug-likeness (QED) is 0.727. The number of hydrogen-bond acceptors (Lipinski definition) is 5. The Balaban J connectivity index is 1.41. The Morgan fingerprint density at radius 3 is 2.97 bits per heavy atom. The highest BCUT2D eigenvalue weighted by molar-refractivity contribution is 5.76. The number of ether oxygens (including phenoxy) is 1. The highest BCUT2D eigenvalue weighted by Gasteiger charge is 2.34. The Hall–Kier alpha value is -2.64. The minimum atomic E-state index is 0.373. The van der Waals surface area contributed by atoms with E-state index >= 15 is 0 Å². The van der Waals surface area contributed by atoms with Gasteiger partial charge in [0.1, 0.15) is 0 Å². The summed E-state index contributed by atoms with van der Waals surface area (Å²) in [5.41, 5.74) is 7.84. The van der Waals surface area contributed by atoms with Crippen LogP contribution in [0.15, 0.2) is 30.6 Å². The van der Waals surface area contributed by atoms with E-state index in [9.17, 15) is 0 Å². The van der Waals surface area contributed by atoms with Gasteiger partial charge >= 0.3 is 0 Å². The SMILES string of the molecule is CC1CN(c2nn(C3CCOC3)c3c2CNCC3)c2ccc(-c3cnn(C)c3)cc21. The molecule has 3 aliphatic heterocycles. The van der Waals surface area contributed by atoms with Crippen LogP contribution in [-0.2, 0) is 24.8 Å². The van der Waals surface area contributed by atoms with E-state index in [2.05, 4.69) is 51.3 Å². The molecule has 30 heavy (non-hydrogen) atoms. The molecule has 1 aromatic carbocycles. The van der Waals surface area contributed by atoms with E-state index in [1.165, 1.54) is 28.1 Å². The van der Waals surface area contributed by atoms with Crippen molar-refractivity contribution in [1.82, 2.24) is 24.9 Å². The van der Waals surface area contributed by atoms with Gasteiger partial charge in [0.05, 0.1) is 18.8 Å². The number of fused-ring (bicyclic) bond motifs is 2. The monoisotopic (exact) mass is 404 g/mol. The predicted molar refractivity (Wildman–Crippen MR) is 116 cm³/mol. The van der Waals surface area contributed by atoms with Crippen molar-refractivity contribution < 1.29 is 4.74 Å². The number of benzene rings is 1. The van der Waals surface area contributed by atoms with E-state index in [4.69, 9.17) is 9.84 Å². The molecule has 3 aromatic rings. The van der Waals surface area contributed by atoms with Crippen molar-refractivity contribution in [3.63, 3.8) is 0 Å². The summed E-state index contributed by atoms with van der Waals surface area (Å²) in [6.07, 6.45) is 6.11. The van der Waals surface area contributed by atoms with Gasteiger partial charge in [-0.25, -0.2) is 0 Å². The van der Waals surface area contributed by atoms with Crippen LogP contribution in [0.3, 0.4) is 0 Å². The first-order chi connectivity index (χ1) is 14.7. The Morgan fingerprint density at radius 1 is 1.23 bits per heavy atom. The molecule has 3 aliphatic rings. The summed E-state index contributed by atoms with van der Waals surface area (Å²) in [6, 6.07) is 7.19. The minimum Gasteiger partial charge on any atom is -0.379 e. The van der Waals surface area contributed by atoms with Crippen LogP contribution in [0, 0.1) is 0 Å². The molecule has 1 N–H and O–H groups in total. The van der Waals surface area contributed by atoms with Crippen LogP contribution in [0.25, 0.3) is 11.1 Å². The lowest BCUT2D eigenvalue weighted by Gasteiger charge is -2.21. The maximum atomic E-state index is 5.67. The lowest BCUT2D eigenvalue weighted by atomic mass is 9.99. The zero-order valence-electron chi connectivity index (χ0n) is 17.6. The molecule has 7 nitrogen and oxygen atoms in total. The number of nitrogens with zero attached hydrogens (tertiary/aromatic N) is 5. The molecule has 0 aliphatic carbocycles. The van der Waals surface area contributed by atoms with Crippen molar-refractivity contribution in [3.05, 3.63) is 47.4 Å². The molecule has 0 bridgehead atoms. The van der Waals surface area contributed by atoms with Crippen molar-refractivity contribution >= 4 is 11.5 Å². The maximum Gasteiger partial charge on any atom is 0.159 e. The molecule has 0 saturated carbocycles. The summed E-state index contributed by atoms with van der Waals surface area (Å²) in [4.78, 5) is 2.44. The summed E-state index contributed by atoms with van der Waals surface area (Å²) in [5.74, 6) is 1.59. The number of nitrogens with one attached hydrogen (secondary N) is 1. The number of rotatable bonds is 3. The van der Waals surface area contributed by atoms with Crippen LogP contribution in [0.2, 0.25) is 0 Å². The smallest absolute Gasteiger partial charge is 0.159 e. The van der Waals surface area contributed by atoms with Gasteiger partial charge in [0.25, 0.3) is 0 Å². The van der Waals surface area contributed by atoms with Crippen LogP contribution in [0.1, 0.15) is 42.1 Å². The third-order valence-corrected chi connectivity index (χ3v) is 6.79. The largest absolute Gasteiger partial charge is 0.379 e. The molecule has 2 atom stereocenters. The van der Waals surface area contributed by atoms with Crippen molar-refractivity contribution in [2.75, 3.05) is 31.2 Å². The Morgan fingerprint density at radius 2 is 2.17 bits per heavy atom. The van der Waals surface area contributed by atoms with Gasteiger partial charge in [-0.15, -0.1) is 0 Å². The van der Waals surface area contributed by atoms with Gasteiger partial charge in [0, 0.05) is 74.3 Å². The van der Waals surface area contributed by atoms with Gasteiger partial charge in [-0.1, -0.05) is 13.0 Å². The van der Waals surface area contributed by atoms with Crippen molar-refractivity contribution in [1.29, 1.82) is 0 Å². The summed E-state index contributed by atoms with van der Waals surface area (Å²) in [5, 5.41) is 13.1. The first-order valence-corrected chi connectivity index (χ1v) is 11.0. The minimum absolute atomic E-state index is 0.373. The van der Waals surface area contributed by atoms with Crippen molar-refractivity contribution in [2.24, 2.45) is 7.05 Å². The average Bonchev–Trinajstić information content (AvgIpc) is 3.54. The molecule has 0 spiro atoms. The van der Waals surface area contributed by atoms with Crippen LogP contribution in [-0.4, -0.2) is 45.9 Å². The topological polar surface area (TPSA) is 60.1 Å². The molecule has 0 amide bonds. The molecule has 2 unspecified atom stereocenters. The van der Waals surface area contributed by atoms with E-state index in [0.29, 0.717) is 12.0 Å². The van der Waals surface area contributed by atoms with Gasteiger partial charge in [-0.05, 0) is 29.7 Å². The first-order valence-electron chi connectivity index (χ1n) is 11.0. The van der Waals surface area contributed by atoms with E-state index in [1.807, 2.05) is 17.9 Å². The lowest BCUT2D eigenvalue weighted by molar-refractivity contribution is 0.184. The standard InChI is InChI=1S/C23H28N6O/c1-15-12-28(21-4-3-16(9-19(15)21)17-10-25-27(2)13-17)23-20-11-24-7-5-22(20)29(26-23)18-6-8-30-14-18/h3-4,9-10,13,15,18,24H,5-8,11-12,14H2,1-2H3. The van der Waals surface area contributed by atoms with Crippen LogP contribution in [0.5, 0.6) is 0 Å². The third-order valence-electron chi connectivity index (χ3n) is 6.79. The van der Waals surface area contributed by atoms with Gasteiger partial charge < -0.3 is 15.0 Å². The zero-order valence-corrected chi connectivity index (χ0v) is 17.6. The maximum absolute atomic E-state index is 5.67. The predicted octanol–water partition coefficient (Wildman–Crippen LogP) is 3.15.